The Bertz CT molecular complexity index is 433. The van der Waals surface area contributed by atoms with Crippen molar-refractivity contribution in [1.29, 1.82) is 0 Å². The predicted octanol–water partition coefficient (Wildman–Crippen LogP) is 1.55. The van der Waals surface area contributed by atoms with Gasteiger partial charge < -0.3 is 10.9 Å². The smallest absolute Gasteiger partial charge is 0.188 e. The summed E-state index contributed by atoms with van der Waals surface area (Å²) in [5.74, 6) is 0.0605. The van der Waals surface area contributed by atoms with Gasteiger partial charge >= 0.3 is 0 Å². The van der Waals surface area contributed by atoms with E-state index in [1.165, 1.54) is 19.3 Å². The molecule has 0 aliphatic carbocycles. The fraction of sp³-hybridized carbons (Fsp3) is 0.538. The fourth-order valence-electron chi connectivity index (χ4n) is 2.56. The van der Waals surface area contributed by atoms with Crippen LogP contribution in [0, 0.1) is 0 Å². The van der Waals surface area contributed by atoms with Gasteiger partial charge in [0, 0.05) is 18.8 Å². The lowest BCUT2D eigenvalue weighted by Crippen LogP contribution is -2.28. The van der Waals surface area contributed by atoms with E-state index in [4.69, 9.17) is 10.9 Å². The second-order valence-corrected chi connectivity index (χ2v) is 4.71. The third-order valence-corrected chi connectivity index (χ3v) is 3.55. The zero-order valence-corrected chi connectivity index (χ0v) is 10.7. The van der Waals surface area contributed by atoms with Crippen LogP contribution in [0.1, 0.15) is 37.4 Å². The Labute approximate surface area is 107 Å². The van der Waals surface area contributed by atoms with E-state index in [2.05, 4.69) is 22.0 Å². The van der Waals surface area contributed by atoms with E-state index in [-0.39, 0.29) is 5.84 Å². The number of oxime groups is 1. The number of aromatic nitrogens is 1. The Morgan fingerprint density at radius 1 is 1.67 bits per heavy atom. The normalized spacial score (nSPS) is 21.4. The van der Waals surface area contributed by atoms with Gasteiger partial charge in [0.25, 0.3) is 0 Å². The van der Waals surface area contributed by atoms with Gasteiger partial charge in [-0.2, -0.15) is 0 Å². The molecule has 98 valence electrons. The molecule has 3 N–H and O–H groups in total. The summed E-state index contributed by atoms with van der Waals surface area (Å²) in [5, 5.41) is 11.6. The predicted molar refractivity (Wildman–Crippen MR) is 70.5 cm³/mol. The average molecular weight is 248 g/mol. The third-order valence-electron chi connectivity index (χ3n) is 3.55. The SMILES string of the molecule is CCC1CCCN1Cc1ccnc(C(N)=NO)c1. The molecule has 0 spiro atoms. The monoisotopic (exact) mass is 248 g/mol. The highest BCUT2D eigenvalue weighted by molar-refractivity contribution is 5.95. The highest BCUT2D eigenvalue weighted by Gasteiger charge is 2.22. The first kappa shape index (κ1) is 12.8. The van der Waals surface area contributed by atoms with Gasteiger partial charge in [0.15, 0.2) is 5.84 Å². The molecule has 1 aliphatic heterocycles. The summed E-state index contributed by atoms with van der Waals surface area (Å²) in [4.78, 5) is 6.58. The highest BCUT2D eigenvalue weighted by atomic mass is 16.4. The number of rotatable bonds is 4. The van der Waals surface area contributed by atoms with Crippen LogP contribution in [0.25, 0.3) is 0 Å². The average Bonchev–Trinajstić information content (AvgIpc) is 2.85. The zero-order valence-electron chi connectivity index (χ0n) is 10.7. The second-order valence-electron chi connectivity index (χ2n) is 4.71. The fourth-order valence-corrected chi connectivity index (χ4v) is 2.56. The van der Waals surface area contributed by atoms with Crippen LogP contribution in [-0.4, -0.2) is 33.5 Å². The van der Waals surface area contributed by atoms with Crippen molar-refractivity contribution >= 4 is 5.84 Å². The van der Waals surface area contributed by atoms with E-state index in [1.807, 2.05) is 12.1 Å². The minimum absolute atomic E-state index is 0.0605. The van der Waals surface area contributed by atoms with Gasteiger partial charge in [-0.05, 0) is 43.5 Å². The topological polar surface area (TPSA) is 74.7 Å². The summed E-state index contributed by atoms with van der Waals surface area (Å²) < 4.78 is 0. The van der Waals surface area contributed by atoms with Crippen molar-refractivity contribution in [3.8, 4) is 0 Å². The van der Waals surface area contributed by atoms with Crippen LogP contribution in [0.3, 0.4) is 0 Å². The molecule has 0 saturated carbocycles. The van der Waals surface area contributed by atoms with Gasteiger partial charge in [-0.25, -0.2) is 0 Å². The van der Waals surface area contributed by atoms with Crippen LogP contribution >= 0.6 is 0 Å². The van der Waals surface area contributed by atoms with Crippen molar-refractivity contribution in [3.05, 3.63) is 29.6 Å². The Balaban J connectivity index is 2.10. The summed E-state index contributed by atoms with van der Waals surface area (Å²) in [7, 11) is 0. The molecule has 0 aromatic carbocycles. The lowest BCUT2D eigenvalue weighted by molar-refractivity contribution is 0.240. The molecule has 2 rings (SSSR count). The number of hydrogen-bond acceptors (Lipinski definition) is 4. The van der Waals surface area contributed by atoms with Gasteiger partial charge in [-0.15, -0.1) is 0 Å². The van der Waals surface area contributed by atoms with Crippen molar-refractivity contribution in [1.82, 2.24) is 9.88 Å². The van der Waals surface area contributed by atoms with Crippen LogP contribution in [0.15, 0.2) is 23.5 Å². The van der Waals surface area contributed by atoms with Gasteiger partial charge in [0.05, 0.1) is 0 Å². The minimum Gasteiger partial charge on any atom is -0.409 e. The maximum absolute atomic E-state index is 8.66. The number of pyridine rings is 1. The van der Waals surface area contributed by atoms with E-state index >= 15 is 0 Å². The molecule has 1 unspecified atom stereocenters. The van der Waals surface area contributed by atoms with Crippen molar-refractivity contribution in [2.45, 2.75) is 38.8 Å². The van der Waals surface area contributed by atoms with Gasteiger partial charge in [-0.3, -0.25) is 9.88 Å². The van der Waals surface area contributed by atoms with E-state index in [0.717, 1.165) is 18.7 Å². The second kappa shape index (κ2) is 5.82. The molecule has 0 radical (unpaired) electrons. The first-order valence-electron chi connectivity index (χ1n) is 6.41. The molecule has 5 nitrogen and oxygen atoms in total. The molecule has 5 heteroatoms. The Morgan fingerprint density at radius 3 is 3.22 bits per heavy atom. The molecule has 18 heavy (non-hydrogen) atoms. The first-order valence-corrected chi connectivity index (χ1v) is 6.41. The molecule has 1 fully saturated rings. The number of amidine groups is 1. The molecular weight excluding hydrogens is 228 g/mol. The van der Waals surface area contributed by atoms with Crippen molar-refractivity contribution in [3.63, 3.8) is 0 Å². The lowest BCUT2D eigenvalue weighted by Gasteiger charge is -2.23. The van der Waals surface area contributed by atoms with Crippen LogP contribution in [0.4, 0.5) is 0 Å². The lowest BCUT2D eigenvalue weighted by atomic mass is 10.1. The quantitative estimate of drug-likeness (QED) is 0.367. The Kier molecular flexibility index (Phi) is 4.15. The van der Waals surface area contributed by atoms with Crippen LogP contribution in [0.5, 0.6) is 0 Å². The first-order chi connectivity index (χ1) is 8.74. The van der Waals surface area contributed by atoms with Gasteiger partial charge in [0.1, 0.15) is 5.69 Å². The molecule has 1 aliphatic rings. The standard InChI is InChI=1S/C13H20N4O/c1-2-11-4-3-7-17(11)9-10-5-6-15-12(8-10)13(14)16-18/h5-6,8,11,18H,2-4,7,9H2,1H3,(H2,14,16). The third kappa shape index (κ3) is 2.79. The molecule has 1 saturated heterocycles. The van der Waals surface area contributed by atoms with Crippen molar-refractivity contribution in [2.24, 2.45) is 10.9 Å². The number of nitrogens with two attached hydrogens (primary N) is 1. The molecule has 0 bridgehead atoms. The maximum Gasteiger partial charge on any atom is 0.188 e. The molecule has 0 amide bonds. The van der Waals surface area contributed by atoms with Crippen molar-refractivity contribution < 1.29 is 5.21 Å². The number of likely N-dealkylation sites (tertiary alicyclic amines) is 1. The molecular formula is C13H20N4O. The maximum atomic E-state index is 8.66. The van der Waals surface area contributed by atoms with E-state index < -0.39 is 0 Å². The number of nitrogens with zero attached hydrogens (tertiary/aromatic N) is 3. The Hall–Kier alpha value is -1.62. The number of hydrogen-bond donors (Lipinski definition) is 2. The summed E-state index contributed by atoms with van der Waals surface area (Å²) >= 11 is 0. The Morgan fingerprint density at radius 2 is 2.50 bits per heavy atom. The van der Waals surface area contributed by atoms with E-state index in [0.29, 0.717) is 11.7 Å². The summed E-state index contributed by atoms with van der Waals surface area (Å²) in [6.45, 7) is 4.30. The van der Waals surface area contributed by atoms with E-state index in [9.17, 15) is 0 Å². The molecule has 1 atom stereocenters. The highest BCUT2D eigenvalue weighted by Crippen LogP contribution is 2.22. The minimum atomic E-state index is 0.0605. The zero-order chi connectivity index (χ0) is 13.0. The largest absolute Gasteiger partial charge is 0.409 e. The van der Waals surface area contributed by atoms with Gasteiger partial charge in [0.2, 0.25) is 0 Å². The van der Waals surface area contributed by atoms with Crippen molar-refractivity contribution in [2.75, 3.05) is 6.54 Å². The summed E-state index contributed by atoms with van der Waals surface area (Å²) in [5.41, 5.74) is 7.24. The van der Waals surface area contributed by atoms with Crippen LogP contribution in [-0.2, 0) is 6.54 Å². The molecule has 1 aromatic heterocycles. The summed E-state index contributed by atoms with van der Waals surface area (Å²) in [6, 6.07) is 4.56. The molecule has 2 heterocycles. The van der Waals surface area contributed by atoms with E-state index in [1.54, 1.807) is 6.20 Å². The molecule has 1 aromatic rings. The van der Waals surface area contributed by atoms with Gasteiger partial charge in [-0.1, -0.05) is 12.1 Å². The summed E-state index contributed by atoms with van der Waals surface area (Å²) in [6.07, 6.45) is 5.46. The van der Waals surface area contributed by atoms with Crippen LogP contribution in [0.2, 0.25) is 0 Å². The van der Waals surface area contributed by atoms with Crippen LogP contribution < -0.4 is 5.73 Å².